The van der Waals surface area contributed by atoms with Gasteiger partial charge >= 0.3 is 5.97 Å². The molecule has 148 valence electrons. The number of anilines is 1. The number of nitrogens with one attached hydrogen (secondary N) is 1. The van der Waals surface area contributed by atoms with Gasteiger partial charge in [-0.1, -0.05) is 23.9 Å². The number of carbonyl (C=O) groups excluding carboxylic acids is 2. The number of benzene rings is 2. The van der Waals surface area contributed by atoms with Gasteiger partial charge in [-0.05, 0) is 62.2 Å². The fourth-order valence-electron chi connectivity index (χ4n) is 2.45. The molecule has 29 heavy (non-hydrogen) atoms. The van der Waals surface area contributed by atoms with Crippen LogP contribution in [0.3, 0.4) is 0 Å². The second-order valence-electron chi connectivity index (χ2n) is 6.56. The van der Waals surface area contributed by atoms with Crippen molar-refractivity contribution < 1.29 is 14.3 Å². The molecule has 0 spiro atoms. The van der Waals surface area contributed by atoms with E-state index in [2.05, 4.69) is 47.3 Å². The van der Waals surface area contributed by atoms with Gasteiger partial charge in [0.25, 0.3) is 5.91 Å². The lowest BCUT2D eigenvalue weighted by Gasteiger charge is -2.09. The highest BCUT2D eigenvalue weighted by atomic mass is 32.2. The normalized spacial score (nSPS) is 10.4. The number of hydrogen-bond acceptors (Lipinski definition) is 6. The van der Waals surface area contributed by atoms with Gasteiger partial charge in [0.1, 0.15) is 0 Å². The molecule has 6 nitrogen and oxygen atoms in total. The molecule has 2 aromatic carbocycles. The second-order valence-corrected chi connectivity index (χ2v) is 7.68. The molecule has 0 saturated heterocycles. The first-order valence-corrected chi connectivity index (χ1v) is 9.83. The van der Waals surface area contributed by atoms with E-state index in [0.717, 1.165) is 4.90 Å². The number of hydrogen-bond donors (Lipinski definition) is 1. The Balaban J connectivity index is 1.52. The Bertz CT molecular complexity index is 1020. The maximum atomic E-state index is 12.0. The van der Waals surface area contributed by atoms with Gasteiger partial charge < -0.3 is 10.1 Å². The van der Waals surface area contributed by atoms with Crippen LogP contribution >= 0.6 is 11.8 Å². The minimum Gasteiger partial charge on any atom is -0.451 e. The van der Waals surface area contributed by atoms with Crippen molar-refractivity contribution in [2.45, 2.75) is 30.6 Å². The lowest BCUT2D eigenvalue weighted by Crippen LogP contribution is -2.21. The van der Waals surface area contributed by atoms with Crippen molar-refractivity contribution >= 4 is 29.3 Å². The van der Waals surface area contributed by atoms with Crippen molar-refractivity contribution in [3.05, 3.63) is 77.4 Å². The van der Waals surface area contributed by atoms with Crippen LogP contribution in [0.5, 0.6) is 0 Å². The first kappa shape index (κ1) is 20.5. The van der Waals surface area contributed by atoms with Gasteiger partial charge in [-0.25, -0.2) is 9.78 Å². The first-order valence-electron chi connectivity index (χ1n) is 9.01. The highest BCUT2D eigenvalue weighted by Crippen LogP contribution is 2.31. The van der Waals surface area contributed by atoms with Crippen LogP contribution in [0.1, 0.15) is 27.3 Å². The number of ether oxygens (including phenoxy) is 1. The van der Waals surface area contributed by atoms with Crippen molar-refractivity contribution in [1.82, 2.24) is 9.97 Å². The van der Waals surface area contributed by atoms with E-state index < -0.39 is 18.5 Å². The van der Waals surface area contributed by atoms with E-state index in [9.17, 15) is 9.59 Å². The summed E-state index contributed by atoms with van der Waals surface area (Å²) in [5, 5.41) is 2.71. The number of nitrogens with zero attached hydrogens (tertiary/aromatic N) is 2. The van der Waals surface area contributed by atoms with E-state index in [1.165, 1.54) is 28.4 Å². The third-order valence-corrected chi connectivity index (χ3v) is 5.20. The van der Waals surface area contributed by atoms with E-state index in [0.29, 0.717) is 11.4 Å². The summed E-state index contributed by atoms with van der Waals surface area (Å²) in [6, 6.07) is 13.9. The van der Waals surface area contributed by atoms with E-state index in [1.54, 1.807) is 18.7 Å². The minimum atomic E-state index is -0.687. The lowest BCUT2D eigenvalue weighted by atomic mass is 10.2. The van der Waals surface area contributed by atoms with Crippen molar-refractivity contribution in [3.63, 3.8) is 0 Å². The van der Waals surface area contributed by atoms with Crippen molar-refractivity contribution in [2.24, 2.45) is 0 Å². The molecule has 0 fully saturated rings. The highest BCUT2D eigenvalue weighted by molar-refractivity contribution is 7.99. The average Bonchev–Trinajstić information content (AvgIpc) is 2.71. The summed E-state index contributed by atoms with van der Waals surface area (Å²) in [5.41, 5.74) is 3.83. The summed E-state index contributed by atoms with van der Waals surface area (Å²) in [4.78, 5) is 34.1. The van der Waals surface area contributed by atoms with Crippen molar-refractivity contribution in [2.75, 3.05) is 11.9 Å². The first-order chi connectivity index (χ1) is 13.9. The van der Waals surface area contributed by atoms with E-state index in [1.807, 2.05) is 24.3 Å². The number of rotatable bonds is 6. The molecule has 1 aromatic heterocycles. The van der Waals surface area contributed by atoms with Gasteiger partial charge in [0, 0.05) is 21.7 Å². The molecule has 0 aliphatic carbocycles. The maximum absolute atomic E-state index is 12.0. The predicted octanol–water partition coefficient (Wildman–Crippen LogP) is 4.35. The summed E-state index contributed by atoms with van der Waals surface area (Å²) in [7, 11) is 0. The molecule has 0 aliphatic rings. The molecule has 0 bridgehead atoms. The van der Waals surface area contributed by atoms with E-state index in [4.69, 9.17) is 4.74 Å². The van der Waals surface area contributed by atoms with Crippen LogP contribution in [0.15, 0.2) is 64.6 Å². The summed E-state index contributed by atoms with van der Waals surface area (Å²) in [6.45, 7) is 5.52. The topological polar surface area (TPSA) is 81.2 Å². The summed E-state index contributed by atoms with van der Waals surface area (Å²) < 4.78 is 4.97. The smallest absolute Gasteiger partial charge is 0.359 e. The maximum Gasteiger partial charge on any atom is 0.359 e. The molecule has 0 radical (unpaired) electrons. The van der Waals surface area contributed by atoms with Crippen LogP contribution in [0.2, 0.25) is 0 Å². The van der Waals surface area contributed by atoms with Gasteiger partial charge in [-0.15, -0.1) is 0 Å². The monoisotopic (exact) mass is 407 g/mol. The van der Waals surface area contributed by atoms with Crippen LogP contribution in [0.25, 0.3) is 0 Å². The number of aromatic nitrogens is 2. The number of aryl methyl sites for hydroxylation is 3. The Morgan fingerprint density at radius 1 is 1.00 bits per heavy atom. The van der Waals surface area contributed by atoms with E-state index in [-0.39, 0.29) is 5.69 Å². The minimum absolute atomic E-state index is 0.0659. The molecule has 1 N–H and O–H groups in total. The van der Waals surface area contributed by atoms with Crippen LogP contribution in [-0.2, 0) is 9.53 Å². The summed E-state index contributed by atoms with van der Waals surface area (Å²) in [5.74, 6) is -1.11. The van der Waals surface area contributed by atoms with Crippen LogP contribution in [0, 0.1) is 20.8 Å². The van der Waals surface area contributed by atoms with E-state index >= 15 is 0 Å². The Morgan fingerprint density at radius 3 is 2.45 bits per heavy atom. The zero-order chi connectivity index (χ0) is 20.8. The fourth-order valence-corrected chi connectivity index (χ4v) is 3.45. The van der Waals surface area contributed by atoms with Crippen molar-refractivity contribution in [1.29, 1.82) is 0 Å². The molecule has 0 aliphatic heterocycles. The van der Waals surface area contributed by atoms with Gasteiger partial charge in [0.2, 0.25) is 0 Å². The molecule has 3 aromatic rings. The molecular formula is C22H21N3O3S. The fraction of sp³-hybridized carbons (Fsp3) is 0.182. The lowest BCUT2D eigenvalue weighted by molar-refractivity contribution is -0.119. The van der Waals surface area contributed by atoms with Crippen LogP contribution in [0.4, 0.5) is 5.69 Å². The molecule has 0 unspecified atom stereocenters. The SMILES string of the molecule is Cc1ccc(C)c(Sc2ccc(NC(=O)COC(=O)c3cnc(C)cn3)cc2)c1. The Labute approximate surface area is 173 Å². The van der Waals surface area contributed by atoms with Gasteiger partial charge in [0.05, 0.1) is 11.9 Å². The Morgan fingerprint density at radius 2 is 1.76 bits per heavy atom. The third kappa shape index (κ3) is 5.89. The standard InChI is InChI=1S/C22H21N3O3S/c1-14-4-5-15(2)20(10-14)29-18-8-6-17(7-9-18)25-21(26)13-28-22(27)19-12-23-16(3)11-24-19/h4-12H,13H2,1-3H3,(H,25,26). The van der Waals surface area contributed by atoms with Crippen LogP contribution in [-0.4, -0.2) is 28.5 Å². The predicted molar refractivity (Wildman–Crippen MR) is 112 cm³/mol. The molecule has 1 heterocycles. The molecule has 0 atom stereocenters. The van der Waals surface area contributed by atoms with Gasteiger partial charge in [0.15, 0.2) is 12.3 Å². The summed E-state index contributed by atoms with van der Waals surface area (Å²) >= 11 is 1.67. The summed E-state index contributed by atoms with van der Waals surface area (Å²) in [6.07, 6.45) is 2.79. The van der Waals surface area contributed by atoms with Gasteiger partial charge in [-0.2, -0.15) is 0 Å². The van der Waals surface area contributed by atoms with Crippen LogP contribution < -0.4 is 5.32 Å². The Kier molecular flexibility index (Phi) is 6.61. The molecule has 7 heteroatoms. The molecule has 1 amide bonds. The average molecular weight is 407 g/mol. The zero-order valence-corrected chi connectivity index (χ0v) is 17.2. The largest absolute Gasteiger partial charge is 0.451 e. The number of esters is 1. The second kappa shape index (κ2) is 9.34. The zero-order valence-electron chi connectivity index (χ0n) is 16.4. The molecule has 0 saturated carbocycles. The Hall–Kier alpha value is -3.19. The number of amides is 1. The quantitative estimate of drug-likeness (QED) is 0.612. The van der Waals surface area contributed by atoms with Gasteiger partial charge in [-0.3, -0.25) is 9.78 Å². The number of carbonyl (C=O) groups is 2. The third-order valence-electron chi connectivity index (χ3n) is 4.03. The molecule has 3 rings (SSSR count). The molecular weight excluding hydrogens is 386 g/mol. The highest BCUT2D eigenvalue weighted by Gasteiger charge is 2.12. The van der Waals surface area contributed by atoms with Crippen molar-refractivity contribution in [3.8, 4) is 0 Å².